The number of nitro groups is 1. The third kappa shape index (κ3) is 4.49. The number of nitrogens with zero attached hydrogens (tertiary/aromatic N) is 1. The Hall–Kier alpha value is -4.13. The van der Waals surface area contributed by atoms with Crippen LogP contribution >= 0.6 is 0 Å². The first kappa shape index (κ1) is 22.7. The fourth-order valence-corrected chi connectivity index (χ4v) is 4.95. The zero-order valence-corrected chi connectivity index (χ0v) is 19.7. The van der Waals surface area contributed by atoms with Crippen LogP contribution in [0.2, 0.25) is 0 Å². The van der Waals surface area contributed by atoms with Crippen molar-refractivity contribution in [1.82, 2.24) is 0 Å². The molecule has 5 rings (SSSR count). The number of Topliss-reactive ketones (excluding diaryl/α,β-unsaturated/α-hetero) is 1. The highest BCUT2D eigenvalue weighted by atomic mass is 16.6. The van der Waals surface area contributed by atoms with E-state index >= 15 is 0 Å². The molecule has 0 amide bonds. The first-order valence-corrected chi connectivity index (χ1v) is 11.8. The standard InChI is InChI=1S/C28H27N3O4/c1-17(2)35-20-13-11-18(12-14-20)19-15-24-27(26(32)16-19)28(21-7-3-6-10-25(21)31(33)34)30-23-9-5-4-8-22(23)29-24/h3-14,17,19,28-30H,15-16H2,1-2H3. The predicted octanol–water partition coefficient (Wildman–Crippen LogP) is 6.36. The highest BCUT2D eigenvalue weighted by Crippen LogP contribution is 2.45. The molecule has 0 saturated carbocycles. The van der Waals surface area contributed by atoms with Gasteiger partial charge in [-0.15, -0.1) is 0 Å². The lowest BCUT2D eigenvalue weighted by atomic mass is 9.78. The normalized spacial score (nSPS) is 19.2. The Morgan fingerprint density at radius 3 is 2.34 bits per heavy atom. The molecule has 3 aromatic rings. The summed E-state index contributed by atoms with van der Waals surface area (Å²) in [5.41, 5.74) is 4.54. The monoisotopic (exact) mass is 469 g/mol. The lowest BCUT2D eigenvalue weighted by molar-refractivity contribution is -0.385. The summed E-state index contributed by atoms with van der Waals surface area (Å²) < 4.78 is 5.76. The summed E-state index contributed by atoms with van der Waals surface area (Å²) in [5, 5.41) is 18.7. The van der Waals surface area contributed by atoms with Gasteiger partial charge in [0.05, 0.1) is 34.0 Å². The third-order valence-corrected chi connectivity index (χ3v) is 6.48. The number of carbonyl (C=O) groups is 1. The molecule has 35 heavy (non-hydrogen) atoms. The van der Waals surface area contributed by atoms with Crippen LogP contribution in [0.5, 0.6) is 5.75 Å². The second kappa shape index (κ2) is 9.25. The topological polar surface area (TPSA) is 93.5 Å². The van der Waals surface area contributed by atoms with Crippen LogP contribution < -0.4 is 15.4 Å². The zero-order valence-electron chi connectivity index (χ0n) is 19.7. The van der Waals surface area contributed by atoms with E-state index in [9.17, 15) is 14.9 Å². The molecule has 1 aliphatic carbocycles. The summed E-state index contributed by atoms with van der Waals surface area (Å²) in [6.45, 7) is 3.97. The van der Waals surface area contributed by atoms with E-state index in [0.717, 1.165) is 28.4 Å². The molecule has 2 N–H and O–H groups in total. The number of hydrogen-bond acceptors (Lipinski definition) is 6. The van der Waals surface area contributed by atoms with Crippen LogP contribution in [0.3, 0.4) is 0 Å². The number of rotatable bonds is 5. The van der Waals surface area contributed by atoms with Crippen molar-refractivity contribution in [2.24, 2.45) is 0 Å². The van der Waals surface area contributed by atoms with Gasteiger partial charge in [-0.05, 0) is 62.1 Å². The summed E-state index contributed by atoms with van der Waals surface area (Å²) in [5.74, 6) is 0.779. The number of ketones is 1. The lowest BCUT2D eigenvalue weighted by Crippen LogP contribution is -2.27. The van der Waals surface area contributed by atoms with Crippen LogP contribution in [0.25, 0.3) is 0 Å². The first-order valence-electron chi connectivity index (χ1n) is 11.8. The van der Waals surface area contributed by atoms with Crippen LogP contribution in [0.4, 0.5) is 17.1 Å². The number of carbonyl (C=O) groups excluding carboxylic acids is 1. The van der Waals surface area contributed by atoms with Gasteiger partial charge in [-0.2, -0.15) is 0 Å². The minimum Gasteiger partial charge on any atom is -0.491 e. The van der Waals surface area contributed by atoms with E-state index in [0.29, 0.717) is 24.0 Å². The predicted molar refractivity (Wildman–Crippen MR) is 136 cm³/mol. The summed E-state index contributed by atoms with van der Waals surface area (Å²) in [6, 6.07) is 21.6. The van der Waals surface area contributed by atoms with Crippen LogP contribution in [0.1, 0.15) is 49.8 Å². The summed E-state index contributed by atoms with van der Waals surface area (Å²) in [6.07, 6.45) is 1.05. The second-order valence-corrected chi connectivity index (χ2v) is 9.22. The van der Waals surface area contributed by atoms with Gasteiger partial charge in [0.2, 0.25) is 0 Å². The first-order chi connectivity index (χ1) is 16.9. The van der Waals surface area contributed by atoms with E-state index < -0.39 is 11.0 Å². The minimum atomic E-state index is -0.627. The van der Waals surface area contributed by atoms with E-state index in [4.69, 9.17) is 4.74 Å². The van der Waals surface area contributed by atoms with E-state index in [1.54, 1.807) is 18.2 Å². The van der Waals surface area contributed by atoms with E-state index in [-0.39, 0.29) is 23.5 Å². The van der Waals surface area contributed by atoms with Crippen molar-refractivity contribution < 1.29 is 14.5 Å². The molecule has 0 radical (unpaired) electrons. The van der Waals surface area contributed by atoms with E-state index in [1.807, 2.05) is 62.4 Å². The Morgan fingerprint density at radius 1 is 0.943 bits per heavy atom. The molecule has 7 heteroatoms. The maximum atomic E-state index is 13.7. The molecular formula is C28H27N3O4. The molecule has 2 aliphatic rings. The van der Waals surface area contributed by atoms with Crippen molar-refractivity contribution in [3.05, 3.63) is 105 Å². The minimum absolute atomic E-state index is 0.00137. The van der Waals surface area contributed by atoms with E-state index in [1.165, 1.54) is 6.07 Å². The number of fused-ring (bicyclic) bond motifs is 1. The molecule has 0 spiro atoms. The van der Waals surface area contributed by atoms with E-state index in [2.05, 4.69) is 10.6 Å². The number of ether oxygens (including phenoxy) is 1. The lowest BCUT2D eigenvalue weighted by Gasteiger charge is -2.30. The molecule has 178 valence electrons. The van der Waals surface area contributed by atoms with Crippen molar-refractivity contribution in [1.29, 1.82) is 0 Å². The fraction of sp³-hybridized carbons (Fsp3) is 0.250. The Kier molecular flexibility index (Phi) is 5.99. The molecule has 2 atom stereocenters. The molecule has 0 saturated heterocycles. The molecular weight excluding hydrogens is 442 g/mol. The smallest absolute Gasteiger partial charge is 0.275 e. The van der Waals surface area contributed by atoms with Crippen LogP contribution in [0, 0.1) is 10.1 Å². The molecule has 1 aliphatic heterocycles. The SMILES string of the molecule is CC(C)Oc1ccc(C2CC(=O)C3=C(C2)Nc2ccccc2NC3c2ccccc2[N+](=O)[O-])cc1. The average Bonchev–Trinajstić information content (AvgIpc) is 3.01. The van der Waals surface area contributed by atoms with Gasteiger partial charge in [0.1, 0.15) is 5.75 Å². The van der Waals surface area contributed by atoms with Gasteiger partial charge in [0, 0.05) is 23.8 Å². The number of allylic oxidation sites excluding steroid dienone is 1. The highest BCUT2D eigenvalue weighted by molar-refractivity contribution is 6.01. The number of nitrogens with one attached hydrogen (secondary N) is 2. The maximum Gasteiger partial charge on any atom is 0.275 e. The van der Waals surface area contributed by atoms with Crippen molar-refractivity contribution >= 4 is 22.8 Å². The van der Waals surface area contributed by atoms with Crippen molar-refractivity contribution in [3.63, 3.8) is 0 Å². The van der Waals surface area contributed by atoms with Crippen molar-refractivity contribution in [2.75, 3.05) is 10.6 Å². The molecule has 7 nitrogen and oxygen atoms in total. The van der Waals surface area contributed by atoms with Gasteiger partial charge in [0.25, 0.3) is 5.69 Å². The Labute approximate surface area is 204 Å². The Morgan fingerprint density at radius 2 is 1.63 bits per heavy atom. The maximum absolute atomic E-state index is 13.7. The summed E-state index contributed by atoms with van der Waals surface area (Å²) in [4.78, 5) is 25.1. The third-order valence-electron chi connectivity index (χ3n) is 6.48. The highest BCUT2D eigenvalue weighted by Gasteiger charge is 2.38. The van der Waals surface area contributed by atoms with Gasteiger partial charge in [0.15, 0.2) is 5.78 Å². The number of benzene rings is 3. The molecule has 0 aromatic heterocycles. The zero-order chi connectivity index (χ0) is 24.5. The van der Waals surface area contributed by atoms with Crippen LogP contribution in [-0.4, -0.2) is 16.8 Å². The number of nitro benzene ring substituents is 1. The Bertz CT molecular complexity index is 1310. The number of hydrogen-bond donors (Lipinski definition) is 2. The second-order valence-electron chi connectivity index (χ2n) is 9.22. The molecule has 1 heterocycles. The summed E-state index contributed by atoms with van der Waals surface area (Å²) >= 11 is 0. The van der Waals surface area contributed by atoms with Crippen LogP contribution in [0.15, 0.2) is 84.1 Å². The van der Waals surface area contributed by atoms with Crippen molar-refractivity contribution in [3.8, 4) is 5.75 Å². The Balaban J connectivity index is 1.56. The largest absolute Gasteiger partial charge is 0.491 e. The van der Waals surface area contributed by atoms with Gasteiger partial charge < -0.3 is 15.4 Å². The van der Waals surface area contributed by atoms with Gasteiger partial charge >= 0.3 is 0 Å². The molecule has 2 unspecified atom stereocenters. The van der Waals surface area contributed by atoms with Gasteiger partial charge in [-0.1, -0.05) is 36.4 Å². The van der Waals surface area contributed by atoms with Gasteiger partial charge in [-0.3, -0.25) is 14.9 Å². The summed E-state index contributed by atoms with van der Waals surface area (Å²) in [7, 11) is 0. The molecule has 0 bridgehead atoms. The van der Waals surface area contributed by atoms with Crippen molar-refractivity contribution in [2.45, 2.75) is 44.8 Å². The molecule has 0 fully saturated rings. The number of anilines is 2. The molecule has 3 aromatic carbocycles. The fourth-order valence-electron chi connectivity index (χ4n) is 4.95. The quantitative estimate of drug-likeness (QED) is 0.333. The number of para-hydroxylation sites is 3. The average molecular weight is 470 g/mol. The van der Waals surface area contributed by atoms with Crippen LogP contribution in [-0.2, 0) is 4.79 Å². The van der Waals surface area contributed by atoms with Gasteiger partial charge in [-0.25, -0.2) is 0 Å².